The highest BCUT2D eigenvalue weighted by Crippen LogP contribution is 2.32. The maximum absolute atomic E-state index is 11.9. The van der Waals surface area contributed by atoms with Crippen LogP contribution in [0.2, 0.25) is 0 Å². The van der Waals surface area contributed by atoms with Crippen LogP contribution in [0.3, 0.4) is 0 Å². The van der Waals surface area contributed by atoms with Crippen LogP contribution < -0.4 is 15.2 Å². The molecule has 5 heteroatoms. The molecule has 92 valence electrons. The quantitative estimate of drug-likeness (QED) is 0.794. The third-order valence-electron chi connectivity index (χ3n) is 2.61. The van der Waals surface area contributed by atoms with Gasteiger partial charge in [0.1, 0.15) is 11.5 Å². The molecule has 0 aliphatic carbocycles. The zero-order chi connectivity index (χ0) is 12.3. The molecule has 0 amide bonds. The van der Waals surface area contributed by atoms with Crippen molar-refractivity contribution in [1.29, 1.82) is 0 Å². The van der Waals surface area contributed by atoms with Gasteiger partial charge >= 0.3 is 0 Å². The average Bonchev–Trinajstić information content (AvgIpc) is 2.37. The Morgan fingerprint density at radius 2 is 2.35 bits per heavy atom. The normalized spacial score (nSPS) is 13.8. The molecule has 2 N–H and O–H groups in total. The van der Waals surface area contributed by atoms with Crippen LogP contribution in [0.25, 0.3) is 0 Å². The van der Waals surface area contributed by atoms with Gasteiger partial charge in [-0.15, -0.1) is 0 Å². The lowest BCUT2D eigenvalue weighted by Gasteiger charge is -2.19. The molecule has 0 aromatic heterocycles. The van der Waals surface area contributed by atoms with E-state index in [1.54, 1.807) is 12.1 Å². The van der Waals surface area contributed by atoms with E-state index in [2.05, 4.69) is 0 Å². The predicted molar refractivity (Wildman–Crippen MR) is 61.3 cm³/mol. The summed E-state index contributed by atoms with van der Waals surface area (Å²) in [5, 5.41) is 0. The third-order valence-corrected chi connectivity index (χ3v) is 2.61. The lowest BCUT2D eigenvalue weighted by molar-refractivity contribution is -0.0165. The van der Waals surface area contributed by atoms with Crippen LogP contribution in [0.1, 0.15) is 22.3 Å². The van der Waals surface area contributed by atoms with Crippen molar-refractivity contribution >= 4 is 5.78 Å². The summed E-state index contributed by atoms with van der Waals surface area (Å²) in [6.45, 7) is 1.00. The van der Waals surface area contributed by atoms with Gasteiger partial charge in [0.2, 0.25) is 0 Å². The number of carbonyl (C=O) groups excluding carboxylic acids is 1. The van der Waals surface area contributed by atoms with Crippen LogP contribution in [0, 0.1) is 0 Å². The topological polar surface area (TPSA) is 70.8 Å². The fraction of sp³-hybridized carbons (Fsp3) is 0.417. The van der Waals surface area contributed by atoms with E-state index in [9.17, 15) is 4.79 Å². The molecule has 1 heterocycles. The largest absolute Gasteiger partial charge is 0.496 e. The standard InChI is InChI=1S/C12H15NO4/c1-15-12-4-8-6-16-7-17-11(8)5-9(12)10(14)2-3-13/h4-5H,2-3,6-7,13H2,1H3. The number of nitrogens with two attached hydrogens (primary N) is 1. The van der Waals surface area contributed by atoms with Gasteiger partial charge in [0.25, 0.3) is 0 Å². The number of ether oxygens (including phenoxy) is 3. The molecule has 1 aliphatic heterocycles. The molecular weight excluding hydrogens is 222 g/mol. The first-order valence-electron chi connectivity index (χ1n) is 5.41. The lowest BCUT2D eigenvalue weighted by Crippen LogP contribution is -2.14. The van der Waals surface area contributed by atoms with E-state index in [4.69, 9.17) is 19.9 Å². The fourth-order valence-corrected chi connectivity index (χ4v) is 1.76. The molecular formula is C12H15NO4. The van der Waals surface area contributed by atoms with Crippen molar-refractivity contribution in [3.05, 3.63) is 23.3 Å². The Bertz CT molecular complexity index is 431. The Labute approximate surface area is 99.5 Å². The number of carbonyl (C=O) groups is 1. The van der Waals surface area contributed by atoms with Crippen molar-refractivity contribution in [3.63, 3.8) is 0 Å². The summed E-state index contributed by atoms with van der Waals surface area (Å²) in [5.74, 6) is 1.18. The number of hydrogen-bond acceptors (Lipinski definition) is 5. The van der Waals surface area contributed by atoms with Crippen LogP contribution in [0.15, 0.2) is 12.1 Å². The monoisotopic (exact) mass is 237 g/mol. The minimum absolute atomic E-state index is 0.0396. The summed E-state index contributed by atoms with van der Waals surface area (Å²) in [4.78, 5) is 11.9. The molecule has 17 heavy (non-hydrogen) atoms. The van der Waals surface area contributed by atoms with Crippen molar-refractivity contribution in [3.8, 4) is 11.5 Å². The molecule has 5 nitrogen and oxygen atoms in total. The van der Waals surface area contributed by atoms with Gasteiger partial charge in [0.05, 0.1) is 19.3 Å². The van der Waals surface area contributed by atoms with E-state index in [0.29, 0.717) is 36.6 Å². The second-order valence-electron chi connectivity index (χ2n) is 3.73. The van der Waals surface area contributed by atoms with E-state index >= 15 is 0 Å². The van der Waals surface area contributed by atoms with Gasteiger partial charge in [0.15, 0.2) is 12.6 Å². The summed E-state index contributed by atoms with van der Waals surface area (Å²) in [6, 6.07) is 3.48. The number of hydrogen-bond donors (Lipinski definition) is 1. The zero-order valence-electron chi connectivity index (χ0n) is 9.69. The highest BCUT2D eigenvalue weighted by molar-refractivity contribution is 5.99. The van der Waals surface area contributed by atoms with Crippen molar-refractivity contribution in [2.24, 2.45) is 5.73 Å². The smallest absolute Gasteiger partial charge is 0.189 e. The van der Waals surface area contributed by atoms with Crippen LogP contribution in [0.4, 0.5) is 0 Å². The molecule has 1 aromatic carbocycles. The van der Waals surface area contributed by atoms with Gasteiger partial charge in [-0.2, -0.15) is 0 Å². The van der Waals surface area contributed by atoms with Gasteiger partial charge in [-0.25, -0.2) is 0 Å². The first-order valence-corrected chi connectivity index (χ1v) is 5.41. The average molecular weight is 237 g/mol. The Kier molecular flexibility index (Phi) is 3.61. The van der Waals surface area contributed by atoms with Gasteiger partial charge in [-0.3, -0.25) is 4.79 Å². The molecule has 0 saturated carbocycles. The Balaban J connectivity index is 2.39. The summed E-state index contributed by atoms with van der Waals surface area (Å²) >= 11 is 0. The maximum Gasteiger partial charge on any atom is 0.189 e. The molecule has 2 rings (SSSR count). The zero-order valence-corrected chi connectivity index (χ0v) is 9.69. The second-order valence-corrected chi connectivity index (χ2v) is 3.73. The van der Waals surface area contributed by atoms with Crippen LogP contribution in [0.5, 0.6) is 11.5 Å². The van der Waals surface area contributed by atoms with Crippen molar-refractivity contribution in [2.45, 2.75) is 13.0 Å². The highest BCUT2D eigenvalue weighted by Gasteiger charge is 2.19. The maximum atomic E-state index is 11.9. The number of rotatable bonds is 4. The summed E-state index contributed by atoms with van der Waals surface area (Å²) in [6.07, 6.45) is 0.297. The molecule has 0 radical (unpaired) electrons. The van der Waals surface area contributed by atoms with Crippen molar-refractivity contribution in [2.75, 3.05) is 20.4 Å². The van der Waals surface area contributed by atoms with E-state index in [-0.39, 0.29) is 12.6 Å². The molecule has 0 bridgehead atoms. The minimum atomic E-state index is -0.0396. The van der Waals surface area contributed by atoms with E-state index in [1.165, 1.54) is 7.11 Å². The molecule has 1 aliphatic rings. The van der Waals surface area contributed by atoms with Gasteiger partial charge in [0, 0.05) is 12.0 Å². The van der Waals surface area contributed by atoms with Crippen LogP contribution in [-0.2, 0) is 11.3 Å². The fourth-order valence-electron chi connectivity index (χ4n) is 1.76. The van der Waals surface area contributed by atoms with E-state index in [1.807, 2.05) is 0 Å². The molecule has 0 atom stereocenters. The third kappa shape index (κ3) is 2.40. The van der Waals surface area contributed by atoms with E-state index < -0.39 is 0 Å². The van der Waals surface area contributed by atoms with Gasteiger partial charge < -0.3 is 19.9 Å². The number of Topliss-reactive ketones (excluding diaryl/α,β-unsaturated/α-hetero) is 1. The van der Waals surface area contributed by atoms with Gasteiger partial charge in [-0.1, -0.05) is 0 Å². The van der Waals surface area contributed by atoms with Gasteiger partial charge in [-0.05, 0) is 18.7 Å². The number of ketones is 1. The second kappa shape index (κ2) is 5.16. The molecule has 0 unspecified atom stereocenters. The highest BCUT2D eigenvalue weighted by atomic mass is 16.7. The number of benzene rings is 1. The Hall–Kier alpha value is -1.59. The number of fused-ring (bicyclic) bond motifs is 1. The summed E-state index contributed by atoms with van der Waals surface area (Å²) in [7, 11) is 1.53. The summed E-state index contributed by atoms with van der Waals surface area (Å²) in [5.41, 5.74) is 6.78. The van der Waals surface area contributed by atoms with Crippen molar-refractivity contribution < 1.29 is 19.0 Å². The Morgan fingerprint density at radius 1 is 1.53 bits per heavy atom. The number of methoxy groups -OCH3 is 1. The van der Waals surface area contributed by atoms with Crippen molar-refractivity contribution in [1.82, 2.24) is 0 Å². The molecule has 0 fully saturated rings. The van der Waals surface area contributed by atoms with Crippen LogP contribution in [-0.4, -0.2) is 26.2 Å². The first kappa shape index (κ1) is 11.9. The van der Waals surface area contributed by atoms with E-state index in [0.717, 1.165) is 5.56 Å². The SMILES string of the molecule is COc1cc2c(cc1C(=O)CCN)OCOC2. The Morgan fingerprint density at radius 3 is 3.06 bits per heavy atom. The molecule has 0 saturated heterocycles. The first-order chi connectivity index (χ1) is 8.26. The lowest BCUT2D eigenvalue weighted by atomic mass is 10.0. The van der Waals surface area contributed by atoms with Crippen LogP contribution >= 0.6 is 0 Å². The summed E-state index contributed by atoms with van der Waals surface area (Å²) < 4.78 is 15.7. The molecule has 1 aromatic rings. The minimum Gasteiger partial charge on any atom is -0.496 e. The predicted octanol–water partition coefficient (Wildman–Crippen LogP) is 1.09. The molecule has 0 spiro atoms.